The molecule has 1 rings (SSSR count). The SMILES string of the molecule is C=C(C)CN(CC)C(=O)CC1(CS)CC1. The van der Waals surface area contributed by atoms with E-state index < -0.39 is 0 Å². The quantitative estimate of drug-likeness (QED) is 0.546. The number of rotatable bonds is 6. The van der Waals surface area contributed by atoms with E-state index in [1.807, 2.05) is 18.7 Å². The van der Waals surface area contributed by atoms with Gasteiger partial charge in [0.25, 0.3) is 0 Å². The van der Waals surface area contributed by atoms with Crippen molar-refractivity contribution in [2.75, 3.05) is 18.8 Å². The van der Waals surface area contributed by atoms with Gasteiger partial charge in [0.05, 0.1) is 0 Å². The van der Waals surface area contributed by atoms with E-state index in [-0.39, 0.29) is 11.3 Å². The Balaban J connectivity index is 2.46. The highest BCUT2D eigenvalue weighted by Gasteiger charge is 2.43. The molecule has 0 bridgehead atoms. The van der Waals surface area contributed by atoms with Gasteiger partial charge in [0.15, 0.2) is 0 Å². The lowest BCUT2D eigenvalue weighted by Crippen LogP contribution is -2.34. The number of hydrogen-bond donors (Lipinski definition) is 1. The predicted octanol–water partition coefficient (Wildman–Crippen LogP) is 2.51. The Labute approximate surface area is 98.1 Å². The first-order chi connectivity index (χ1) is 7.03. The van der Waals surface area contributed by atoms with Gasteiger partial charge < -0.3 is 4.90 Å². The largest absolute Gasteiger partial charge is 0.339 e. The topological polar surface area (TPSA) is 20.3 Å². The van der Waals surface area contributed by atoms with Crippen LogP contribution in [-0.2, 0) is 4.79 Å². The van der Waals surface area contributed by atoms with E-state index in [9.17, 15) is 4.79 Å². The molecule has 0 aromatic carbocycles. The van der Waals surface area contributed by atoms with Gasteiger partial charge in [-0.25, -0.2) is 0 Å². The van der Waals surface area contributed by atoms with Crippen LogP contribution in [0.1, 0.15) is 33.1 Å². The van der Waals surface area contributed by atoms with Crippen molar-refractivity contribution in [1.29, 1.82) is 0 Å². The zero-order valence-corrected chi connectivity index (χ0v) is 10.6. The van der Waals surface area contributed by atoms with Crippen LogP contribution in [0.3, 0.4) is 0 Å². The summed E-state index contributed by atoms with van der Waals surface area (Å²) in [5, 5.41) is 0. The van der Waals surface area contributed by atoms with Crippen LogP contribution in [0.2, 0.25) is 0 Å². The highest BCUT2D eigenvalue weighted by Crippen LogP contribution is 2.49. The van der Waals surface area contributed by atoms with Crippen LogP contribution < -0.4 is 0 Å². The Morgan fingerprint density at radius 1 is 1.53 bits per heavy atom. The molecule has 0 aromatic heterocycles. The van der Waals surface area contributed by atoms with Crippen molar-refractivity contribution < 1.29 is 4.79 Å². The molecule has 1 aliphatic carbocycles. The number of nitrogens with zero attached hydrogens (tertiary/aromatic N) is 1. The molecule has 1 fully saturated rings. The molecule has 2 nitrogen and oxygen atoms in total. The normalized spacial score (nSPS) is 17.3. The highest BCUT2D eigenvalue weighted by molar-refractivity contribution is 7.80. The first-order valence-corrected chi connectivity index (χ1v) is 6.19. The molecule has 1 amide bonds. The molecule has 86 valence electrons. The Kier molecular flexibility index (Phi) is 4.26. The molecule has 15 heavy (non-hydrogen) atoms. The van der Waals surface area contributed by atoms with E-state index in [4.69, 9.17) is 0 Å². The van der Waals surface area contributed by atoms with Gasteiger partial charge in [-0.3, -0.25) is 4.79 Å². The standard InChI is InChI=1S/C12H21NOS/c1-4-13(8-10(2)3)11(14)7-12(9-15)5-6-12/h15H,2,4-9H2,1,3H3. The third kappa shape index (κ3) is 3.56. The Bertz CT molecular complexity index is 258. The van der Waals surface area contributed by atoms with E-state index >= 15 is 0 Å². The summed E-state index contributed by atoms with van der Waals surface area (Å²) in [7, 11) is 0. The van der Waals surface area contributed by atoms with Crippen LogP contribution in [0.5, 0.6) is 0 Å². The molecular formula is C12H21NOS. The van der Waals surface area contributed by atoms with E-state index in [1.165, 1.54) is 0 Å². The van der Waals surface area contributed by atoms with Crippen molar-refractivity contribution in [3.63, 3.8) is 0 Å². The van der Waals surface area contributed by atoms with Gasteiger partial charge >= 0.3 is 0 Å². The molecule has 3 heteroatoms. The average molecular weight is 227 g/mol. The van der Waals surface area contributed by atoms with Gasteiger partial charge in [-0.05, 0) is 37.9 Å². The van der Waals surface area contributed by atoms with Gasteiger partial charge in [-0.15, -0.1) is 0 Å². The third-order valence-electron chi connectivity index (χ3n) is 3.01. The molecule has 0 aromatic rings. The second-order valence-corrected chi connectivity index (χ2v) is 5.02. The summed E-state index contributed by atoms with van der Waals surface area (Å²) >= 11 is 4.32. The van der Waals surface area contributed by atoms with Crippen LogP contribution in [-0.4, -0.2) is 29.6 Å². The van der Waals surface area contributed by atoms with E-state index in [2.05, 4.69) is 19.2 Å². The van der Waals surface area contributed by atoms with Crippen LogP contribution in [0.25, 0.3) is 0 Å². The van der Waals surface area contributed by atoms with E-state index in [0.29, 0.717) is 13.0 Å². The van der Waals surface area contributed by atoms with Crippen LogP contribution in [0, 0.1) is 5.41 Å². The summed E-state index contributed by atoms with van der Waals surface area (Å²) in [6.45, 7) is 9.29. The minimum absolute atomic E-state index is 0.225. The van der Waals surface area contributed by atoms with E-state index in [1.54, 1.807) is 0 Å². The lowest BCUT2D eigenvalue weighted by molar-refractivity contribution is -0.131. The van der Waals surface area contributed by atoms with Gasteiger partial charge in [0.2, 0.25) is 5.91 Å². The van der Waals surface area contributed by atoms with Crippen molar-refractivity contribution in [3.05, 3.63) is 12.2 Å². The fourth-order valence-corrected chi connectivity index (χ4v) is 2.13. The van der Waals surface area contributed by atoms with Gasteiger partial charge in [-0.1, -0.05) is 12.2 Å². The van der Waals surface area contributed by atoms with Crippen molar-refractivity contribution in [3.8, 4) is 0 Å². The molecule has 0 atom stereocenters. The molecule has 0 aliphatic heterocycles. The summed E-state index contributed by atoms with van der Waals surface area (Å²) < 4.78 is 0. The molecule has 0 radical (unpaired) electrons. The molecule has 1 aliphatic rings. The fraction of sp³-hybridized carbons (Fsp3) is 0.750. The second-order valence-electron chi connectivity index (χ2n) is 4.70. The first kappa shape index (κ1) is 12.6. The van der Waals surface area contributed by atoms with Gasteiger partial charge in [0.1, 0.15) is 0 Å². The third-order valence-corrected chi connectivity index (χ3v) is 3.68. The second kappa shape index (κ2) is 5.06. The van der Waals surface area contributed by atoms with Crippen molar-refractivity contribution in [2.45, 2.75) is 33.1 Å². The summed E-state index contributed by atoms with van der Waals surface area (Å²) in [6.07, 6.45) is 2.98. The summed E-state index contributed by atoms with van der Waals surface area (Å²) in [5.41, 5.74) is 1.27. The van der Waals surface area contributed by atoms with Gasteiger partial charge in [-0.2, -0.15) is 12.6 Å². The Hall–Kier alpha value is -0.440. The number of hydrogen-bond acceptors (Lipinski definition) is 2. The summed E-state index contributed by atoms with van der Waals surface area (Å²) in [4.78, 5) is 13.9. The maximum atomic E-state index is 12.0. The molecular weight excluding hydrogens is 206 g/mol. The number of carbonyl (C=O) groups excluding carboxylic acids is 1. The lowest BCUT2D eigenvalue weighted by Gasteiger charge is -2.23. The Morgan fingerprint density at radius 3 is 2.47 bits per heavy atom. The minimum atomic E-state index is 0.225. The van der Waals surface area contributed by atoms with Gasteiger partial charge in [0, 0.05) is 19.5 Å². The number of carbonyl (C=O) groups is 1. The highest BCUT2D eigenvalue weighted by atomic mass is 32.1. The fourth-order valence-electron chi connectivity index (χ4n) is 1.70. The smallest absolute Gasteiger partial charge is 0.223 e. The van der Waals surface area contributed by atoms with E-state index in [0.717, 1.165) is 30.7 Å². The van der Waals surface area contributed by atoms with Crippen LogP contribution in [0.15, 0.2) is 12.2 Å². The Morgan fingerprint density at radius 2 is 2.13 bits per heavy atom. The number of amides is 1. The lowest BCUT2D eigenvalue weighted by atomic mass is 10.0. The summed E-state index contributed by atoms with van der Waals surface area (Å²) in [5.74, 6) is 1.09. The molecule has 1 saturated carbocycles. The van der Waals surface area contributed by atoms with Crippen molar-refractivity contribution >= 4 is 18.5 Å². The molecule has 0 heterocycles. The molecule has 0 spiro atoms. The van der Waals surface area contributed by atoms with Crippen molar-refractivity contribution in [1.82, 2.24) is 4.90 Å². The zero-order valence-electron chi connectivity index (χ0n) is 9.75. The predicted molar refractivity (Wildman–Crippen MR) is 67.2 cm³/mol. The minimum Gasteiger partial charge on any atom is -0.339 e. The van der Waals surface area contributed by atoms with Crippen molar-refractivity contribution in [2.24, 2.45) is 5.41 Å². The molecule has 0 unspecified atom stereocenters. The zero-order chi connectivity index (χ0) is 11.5. The average Bonchev–Trinajstić information content (AvgIpc) is 2.94. The molecule has 0 N–H and O–H groups in total. The monoisotopic (exact) mass is 227 g/mol. The van der Waals surface area contributed by atoms with Crippen LogP contribution in [0.4, 0.5) is 0 Å². The maximum Gasteiger partial charge on any atom is 0.223 e. The number of likely N-dealkylation sites (N-methyl/N-ethyl adjacent to an activating group) is 1. The summed E-state index contributed by atoms with van der Waals surface area (Å²) in [6, 6.07) is 0. The maximum absolute atomic E-state index is 12.0. The first-order valence-electron chi connectivity index (χ1n) is 5.56. The molecule has 0 saturated heterocycles. The number of thiol groups is 1. The van der Waals surface area contributed by atoms with Crippen LogP contribution >= 0.6 is 12.6 Å².